The highest BCUT2D eigenvalue weighted by molar-refractivity contribution is 5.80. The van der Waals surface area contributed by atoms with E-state index in [1.807, 2.05) is 19.9 Å². The van der Waals surface area contributed by atoms with Crippen molar-refractivity contribution in [2.45, 2.75) is 40.3 Å². The quantitative estimate of drug-likeness (QED) is 0.742. The van der Waals surface area contributed by atoms with E-state index in [1.165, 1.54) is 10.5 Å². The lowest BCUT2D eigenvalue weighted by Gasteiger charge is -2.15. The van der Waals surface area contributed by atoms with Gasteiger partial charge in [0.1, 0.15) is 5.82 Å². The van der Waals surface area contributed by atoms with E-state index in [0.29, 0.717) is 24.7 Å². The normalized spacial score (nSPS) is 11.0. The van der Waals surface area contributed by atoms with E-state index in [1.54, 1.807) is 7.05 Å². The van der Waals surface area contributed by atoms with Crippen LogP contribution in [0.15, 0.2) is 16.7 Å². The predicted octanol–water partition coefficient (Wildman–Crippen LogP) is 2.47. The van der Waals surface area contributed by atoms with E-state index in [0.717, 1.165) is 22.4 Å². The topological polar surface area (TPSA) is 99.9 Å². The summed E-state index contributed by atoms with van der Waals surface area (Å²) in [6, 6.07) is 3.83. The number of aromatic amines is 1. The van der Waals surface area contributed by atoms with E-state index in [9.17, 15) is 4.79 Å². The Hall–Kier alpha value is -2.90. The van der Waals surface area contributed by atoms with Crippen molar-refractivity contribution in [3.63, 3.8) is 0 Å². The van der Waals surface area contributed by atoms with Crippen LogP contribution in [-0.2, 0) is 19.5 Å². The van der Waals surface area contributed by atoms with Gasteiger partial charge in [-0.25, -0.2) is 9.78 Å². The summed E-state index contributed by atoms with van der Waals surface area (Å²) >= 11 is 0. The number of nitrogens with one attached hydrogen (secondary N) is 2. The van der Waals surface area contributed by atoms with Crippen LogP contribution in [0.4, 0.5) is 4.79 Å². The maximum absolute atomic E-state index is 12.2. The molecule has 0 saturated heterocycles. The molecule has 2 aromatic heterocycles. The van der Waals surface area contributed by atoms with Crippen molar-refractivity contribution >= 4 is 17.1 Å². The number of H-pyrrole nitrogens is 1. The number of carbonyl (C=O) groups is 1. The van der Waals surface area contributed by atoms with Crippen molar-refractivity contribution in [3.05, 3.63) is 40.8 Å². The molecule has 1 aromatic carbocycles. The van der Waals surface area contributed by atoms with Gasteiger partial charge in [-0.3, -0.25) is 0 Å². The van der Waals surface area contributed by atoms with Gasteiger partial charge in [-0.15, -0.1) is 0 Å². The molecule has 132 valence electrons. The molecule has 0 aliphatic carbocycles. The zero-order valence-electron chi connectivity index (χ0n) is 14.9. The van der Waals surface area contributed by atoms with Crippen molar-refractivity contribution in [2.24, 2.45) is 0 Å². The first kappa shape index (κ1) is 16.9. The SMILES string of the molecule is CCc1nc(CN(C)C(=O)NCc2nc3c(C)c(C)ccc3[nH]2)no1. The van der Waals surface area contributed by atoms with Gasteiger partial charge in [0.25, 0.3) is 0 Å². The number of rotatable bonds is 5. The average Bonchev–Trinajstić information content (AvgIpc) is 3.22. The number of benzene rings is 1. The number of imidazole rings is 1. The third kappa shape index (κ3) is 3.62. The molecular weight excluding hydrogens is 320 g/mol. The van der Waals surface area contributed by atoms with E-state index >= 15 is 0 Å². The molecular formula is C17H22N6O2. The van der Waals surface area contributed by atoms with Crippen LogP contribution >= 0.6 is 0 Å². The number of urea groups is 1. The Balaban J connectivity index is 1.60. The molecule has 0 aliphatic heterocycles. The largest absolute Gasteiger partial charge is 0.340 e. The highest BCUT2D eigenvalue weighted by Gasteiger charge is 2.14. The number of amides is 2. The summed E-state index contributed by atoms with van der Waals surface area (Å²) < 4.78 is 5.04. The second-order valence-electron chi connectivity index (χ2n) is 6.06. The molecule has 0 saturated carbocycles. The van der Waals surface area contributed by atoms with Gasteiger partial charge in [-0.1, -0.05) is 18.1 Å². The smallest absolute Gasteiger partial charge is 0.317 e. The fourth-order valence-electron chi connectivity index (χ4n) is 2.52. The summed E-state index contributed by atoms with van der Waals surface area (Å²) in [5.41, 5.74) is 4.25. The van der Waals surface area contributed by atoms with E-state index in [2.05, 4.69) is 38.4 Å². The summed E-state index contributed by atoms with van der Waals surface area (Å²) in [7, 11) is 1.68. The zero-order valence-corrected chi connectivity index (χ0v) is 14.9. The fraction of sp³-hybridized carbons (Fsp3) is 0.412. The van der Waals surface area contributed by atoms with Crippen molar-refractivity contribution in [1.82, 2.24) is 30.3 Å². The lowest BCUT2D eigenvalue weighted by molar-refractivity contribution is 0.204. The maximum atomic E-state index is 12.2. The van der Waals surface area contributed by atoms with Gasteiger partial charge in [-0.05, 0) is 31.0 Å². The first-order valence-corrected chi connectivity index (χ1v) is 8.23. The number of nitrogens with zero attached hydrogens (tertiary/aromatic N) is 4. The molecule has 0 bridgehead atoms. The molecule has 2 heterocycles. The van der Waals surface area contributed by atoms with Crippen molar-refractivity contribution in [2.75, 3.05) is 7.05 Å². The molecule has 0 aliphatic rings. The van der Waals surface area contributed by atoms with E-state index < -0.39 is 0 Å². The second kappa shape index (κ2) is 6.92. The molecule has 3 aromatic rings. The van der Waals surface area contributed by atoms with Crippen LogP contribution in [0.25, 0.3) is 11.0 Å². The Labute approximate surface area is 145 Å². The third-order valence-corrected chi connectivity index (χ3v) is 4.17. The maximum Gasteiger partial charge on any atom is 0.317 e. The molecule has 0 fully saturated rings. The van der Waals surface area contributed by atoms with Crippen molar-refractivity contribution in [3.8, 4) is 0 Å². The molecule has 25 heavy (non-hydrogen) atoms. The molecule has 2 amide bonds. The highest BCUT2D eigenvalue weighted by Crippen LogP contribution is 2.19. The average molecular weight is 342 g/mol. The highest BCUT2D eigenvalue weighted by atomic mass is 16.5. The molecule has 0 spiro atoms. The van der Waals surface area contributed by atoms with Gasteiger partial charge in [0.2, 0.25) is 5.89 Å². The summed E-state index contributed by atoms with van der Waals surface area (Å²) in [5, 5.41) is 6.69. The van der Waals surface area contributed by atoms with E-state index in [-0.39, 0.29) is 12.6 Å². The van der Waals surface area contributed by atoms with Crippen molar-refractivity contribution < 1.29 is 9.32 Å². The first-order chi connectivity index (χ1) is 12.0. The Morgan fingerprint density at radius 1 is 1.32 bits per heavy atom. The molecule has 0 atom stereocenters. The predicted molar refractivity (Wildman–Crippen MR) is 92.9 cm³/mol. The molecule has 0 radical (unpaired) electrons. The van der Waals surface area contributed by atoms with Crippen LogP contribution < -0.4 is 5.32 Å². The lowest BCUT2D eigenvalue weighted by atomic mass is 10.1. The Morgan fingerprint density at radius 3 is 2.84 bits per heavy atom. The van der Waals surface area contributed by atoms with E-state index in [4.69, 9.17) is 4.52 Å². The Morgan fingerprint density at radius 2 is 2.12 bits per heavy atom. The fourth-order valence-corrected chi connectivity index (χ4v) is 2.52. The van der Waals surface area contributed by atoms with Gasteiger partial charge in [0.05, 0.1) is 24.1 Å². The Kier molecular flexibility index (Phi) is 4.69. The first-order valence-electron chi connectivity index (χ1n) is 8.23. The van der Waals surface area contributed by atoms with Gasteiger partial charge in [0, 0.05) is 13.5 Å². The van der Waals surface area contributed by atoms with Gasteiger partial charge in [0.15, 0.2) is 5.82 Å². The van der Waals surface area contributed by atoms with Gasteiger partial charge >= 0.3 is 6.03 Å². The summed E-state index contributed by atoms with van der Waals surface area (Å²) in [5.74, 6) is 1.78. The number of aromatic nitrogens is 4. The lowest BCUT2D eigenvalue weighted by Crippen LogP contribution is -2.36. The van der Waals surface area contributed by atoms with Crippen LogP contribution in [-0.4, -0.2) is 38.1 Å². The molecule has 3 rings (SSSR count). The van der Waals surface area contributed by atoms with Crippen LogP contribution in [0.5, 0.6) is 0 Å². The number of aryl methyl sites for hydroxylation is 3. The molecule has 8 nitrogen and oxygen atoms in total. The number of fused-ring (bicyclic) bond motifs is 1. The van der Waals surface area contributed by atoms with Crippen LogP contribution in [0, 0.1) is 13.8 Å². The molecule has 2 N–H and O–H groups in total. The summed E-state index contributed by atoms with van der Waals surface area (Å²) in [6.07, 6.45) is 0.674. The third-order valence-electron chi connectivity index (χ3n) is 4.17. The molecule has 8 heteroatoms. The monoisotopic (exact) mass is 342 g/mol. The van der Waals surface area contributed by atoms with Crippen LogP contribution in [0.3, 0.4) is 0 Å². The van der Waals surface area contributed by atoms with Gasteiger partial charge in [-0.2, -0.15) is 4.98 Å². The Bertz CT molecular complexity index is 898. The van der Waals surface area contributed by atoms with Crippen molar-refractivity contribution in [1.29, 1.82) is 0 Å². The number of hydrogen-bond donors (Lipinski definition) is 2. The van der Waals surface area contributed by atoms with Crippen LogP contribution in [0.1, 0.15) is 35.6 Å². The minimum absolute atomic E-state index is 0.226. The minimum Gasteiger partial charge on any atom is -0.340 e. The van der Waals surface area contributed by atoms with Crippen LogP contribution in [0.2, 0.25) is 0 Å². The number of carbonyl (C=O) groups excluding carboxylic acids is 1. The minimum atomic E-state index is -0.226. The summed E-state index contributed by atoms with van der Waals surface area (Å²) in [4.78, 5) is 25.7. The number of hydrogen-bond acceptors (Lipinski definition) is 5. The standard InChI is InChI=1S/C17H22N6O2/c1-5-15-20-14(22-25-15)9-23(4)17(24)18-8-13-19-12-7-6-10(2)11(3)16(12)21-13/h6-7H,5,8-9H2,1-4H3,(H,18,24)(H,19,21). The zero-order chi connectivity index (χ0) is 18.0. The summed E-state index contributed by atoms with van der Waals surface area (Å²) in [6.45, 7) is 6.65. The molecule has 0 unspecified atom stereocenters. The van der Waals surface area contributed by atoms with Gasteiger partial charge < -0.3 is 19.7 Å². The second-order valence-corrected chi connectivity index (χ2v) is 6.06.